The molecule has 0 radical (unpaired) electrons. The Hall–Kier alpha value is -1.22. The maximum absolute atomic E-state index is 7.87. The van der Waals surface area contributed by atoms with Crippen LogP contribution in [-0.4, -0.2) is 24.2 Å². The summed E-state index contributed by atoms with van der Waals surface area (Å²) in [6, 6.07) is 6.43. The normalized spacial score (nSPS) is 11.5. The zero-order valence-electron chi connectivity index (χ0n) is 11.2. The molecule has 0 fully saturated rings. The highest BCUT2D eigenvalue weighted by atomic mass is 32.2. The lowest BCUT2D eigenvalue weighted by Gasteiger charge is -2.15. The summed E-state index contributed by atoms with van der Waals surface area (Å²) in [5.74, 6) is 0. The molecule has 0 saturated heterocycles. The highest BCUT2D eigenvalue weighted by Gasteiger charge is 2.08. The molecule has 0 aliphatic rings. The minimum absolute atomic E-state index is 0.552. The molecule has 1 aromatic carbocycles. The van der Waals surface area contributed by atoms with Crippen LogP contribution in [0.2, 0.25) is 0 Å². The summed E-state index contributed by atoms with van der Waals surface area (Å²) in [5.41, 5.74) is 3.78. The molecule has 0 aliphatic carbocycles. The van der Waals surface area contributed by atoms with Crippen LogP contribution in [-0.2, 0) is 0 Å². The quantitative estimate of drug-likeness (QED) is 0.635. The van der Waals surface area contributed by atoms with Crippen molar-refractivity contribution in [1.82, 2.24) is 4.90 Å². The van der Waals surface area contributed by atoms with Crippen molar-refractivity contribution in [2.45, 2.75) is 20.8 Å². The Morgan fingerprint density at radius 1 is 1.24 bits per heavy atom. The molecule has 0 unspecified atom stereocenters. The summed E-state index contributed by atoms with van der Waals surface area (Å²) < 4.78 is 0. The molecule has 0 amide bonds. The van der Waals surface area contributed by atoms with Crippen LogP contribution >= 0.6 is 11.8 Å². The second-order valence-electron chi connectivity index (χ2n) is 4.25. The smallest absolute Gasteiger partial charge is 0.160 e. The van der Waals surface area contributed by atoms with Gasteiger partial charge in [-0.05, 0) is 37.5 Å². The summed E-state index contributed by atoms with van der Waals surface area (Å²) in [6.45, 7) is 6.25. The third-order valence-electron chi connectivity index (χ3n) is 2.67. The number of benzene rings is 1. The van der Waals surface area contributed by atoms with Crippen LogP contribution in [0.1, 0.15) is 23.6 Å². The van der Waals surface area contributed by atoms with E-state index >= 15 is 0 Å². The van der Waals surface area contributed by atoms with Gasteiger partial charge in [0.05, 0.1) is 0 Å². The standard InChI is InChI=1S/C14H20N2S/c1-6-13(17-14(15)16(4)5)12-8-7-10(2)11(3)9-12/h6-9,15H,1-5H3. The summed E-state index contributed by atoms with van der Waals surface area (Å²) in [6.07, 6.45) is 2.06. The van der Waals surface area contributed by atoms with Gasteiger partial charge in [0.2, 0.25) is 0 Å². The summed E-state index contributed by atoms with van der Waals surface area (Å²) in [5, 5.41) is 8.42. The minimum Gasteiger partial charge on any atom is -0.358 e. The van der Waals surface area contributed by atoms with E-state index in [2.05, 4.69) is 38.1 Å². The lowest BCUT2D eigenvalue weighted by atomic mass is 10.1. The monoisotopic (exact) mass is 248 g/mol. The average molecular weight is 248 g/mol. The van der Waals surface area contributed by atoms with Gasteiger partial charge in [0.15, 0.2) is 5.17 Å². The number of amidine groups is 1. The topological polar surface area (TPSA) is 27.1 Å². The summed E-state index contributed by atoms with van der Waals surface area (Å²) in [7, 11) is 3.78. The van der Waals surface area contributed by atoms with Crippen LogP contribution in [0.3, 0.4) is 0 Å². The SMILES string of the molecule is CC=C(SC(=N)N(C)C)c1ccc(C)c(C)c1. The van der Waals surface area contributed by atoms with Crippen molar-refractivity contribution in [3.8, 4) is 0 Å². The highest BCUT2D eigenvalue weighted by molar-refractivity contribution is 8.21. The first-order valence-corrected chi connectivity index (χ1v) is 6.45. The lowest BCUT2D eigenvalue weighted by molar-refractivity contribution is 0.632. The number of thioether (sulfide) groups is 1. The molecule has 0 aromatic heterocycles. The molecule has 0 aliphatic heterocycles. The van der Waals surface area contributed by atoms with Crippen molar-refractivity contribution >= 4 is 21.8 Å². The van der Waals surface area contributed by atoms with Gasteiger partial charge in [-0.25, -0.2) is 0 Å². The summed E-state index contributed by atoms with van der Waals surface area (Å²) >= 11 is 1.49. The molecule has 0 heterocycles. The van der Waals surface area contributed by atoms with Crippen molar-refractivity contribution in [1.29, 1.82) is 5.41 Å². The van der Waals surface area contributed by atoms with E-state index < -0.39 is 0 Å². The number of nitrogens with one attached hydrogen (secondary N) is 1. The maximum atomic E-state index is 7.87. The van der Waals surface area contributed by atoms with Crippen LogP contribution in [0.4, 0.5) is 0 Å². The van der Waals surface area contributed by atoms with Crippen molar-refractivity contribution < 1.29 is 0 Å². The largest absolute Gasteiger partial charge is 0.358 e. The van der Waals surface area contributed by atoms with Crippen LogP contribution in [0.5, 0.6) is 0 Å². The molecule has 92 valence electrons. The van der Waals surface area contributed by atoms with Gasteiger partial charge in [0.25, 0.3) is 0 Å². The van der Waals surface area contributed by atoms with E-state index in [-0.39, 0.29) is 0 Å². The molecule has 0 bridgehead atoms. The van der Waals surface area contributed by atoms with Crippen molar-refractivity contribution in [2.75, 3.05) is 14.1 Å². The Balaban J connectivity index is 2.95. The lowest BCUT2D eigenvalue weighted by Crippen LogP contribution is -2.17. The number of allylic oxidation sites excluding steroid dienone is 1. The molecule has 1 rings (SSSR count). The fourth-order valence-corrected chi connectivity index (χ4v) is 2.13. The molecular weight excluding hydrogens is 228 g/mol. The second kappa shape index (κ2) is 5.92. The number of nitrogens with zero attached hydrogens (tertiary/aromatic N) is 1. The predicted octanol–water partition coefficient (Wildman–Crippen LogP) is 3.89. The molecular formula is C14H20N2S. The van der Waals surface area contributed by atoms with Crippen molar-refractivity contribution in [2.24, 2.45) is 0 Å². The third-order valence-corrected chi connectivity index (χ3v) is 3.92. The molecule has 2 nitrogen and oxygen atoms in total. The van der Waals surface area contributed by atoms with Gasteiger partial charge in [-0.15, -0.1) is 0 Å². The average Bonchev–Trinajstić information content (AvgIpc) is 2.29. The first kappa shape index (κ1) is 13.8. The highest BCUT2D eigenvalue weighted by Crippen LogP contribution is 2.29. The van der Waals surface area contributed by atoms with Crippen LogP contribution < -0.4 is 0 Å². The first-order valence-electron chi connectivity index (χ1n) is 5.63. The Morgan fingerprint density at radius 2 is 1.88 bits per heavy atom. The van der Waals surface area contributed by atoms with Gasteiger partial charge >= 0.3 is 0 Å². The van der Waals surface area contributed by atoms with E-state index in [9.17, 15) is 0 Å². The number of hydrogen-bond donors (Lipinski definition) is 1. The van der Waals surface area contributed by atoms with Gasteiger partial charge in [-0.1, -0.05) is 36.0 Å². The van der Waals surface area contributed by atoms with Gasteiger partial charge < -0.3 is 4.90 Å². The molecule has 17 heavy (non-hydrogen) atoms. The zero-order valence-corrected chi connectivity index (χ0v) is 12.0. The number of aryl methyl sites for hydroxylation is 2. The van der Waals surface area contributed by atoms with E-state index in [1.165, 1.54) is 28.5 Å². The van der Waals surface area contributed by atoms with Gasteiger partial charge in [0, 0.05) is 19.0 Å². The minimum atomic E-state index is 0.552. The molecule has 1 N–H and O–H groups in total. The fourth-order valence-electron chi connectivity index (χ4n) is 1.37. The third kappa shape index (κ3) is 3.63. The molecule has 0 saturated carbocycles. The van der Waals surface area contributed by atoms with Gasteiger partial charge in [-0.2, -0.15) is 0 Å². The van der Waals surface area contributed by atoms with Gasteiger partial charge in [0.1, 0.15) is 0 Å². The van der Waals surface area contributed by atoms with E-state index in [1.54, 1.807) is 0 Å². The first-order chi connectivity index (χ1) is 7.95. The van der Waals surface area contributed by atoms with E-state index in [0.29, 0.717) is 5.17 Å². The zero-order chi connectivity index (χ0) is 13.0. The van der Waals surface area contributed by atoms with Gasteiger partial charge in [-0.3, -0.25) is 5.41 Å². The Labute approximate surface area is 108 Å². The predicted molar refractivity (Wildman–Crippen MR) is 78.6 cm³/mol. The molecule has 1 aromatic rings. The number of hydrogen-bond acceptors (Lipinski definition) is 2. The Morgan fingerprint density at radius 3 is 2.35 bits per heavy atom. The van der Waals surface area contributed by atoms with E-state index in [4.69, 9.17) is 5.41 Å². The van der Waals surface area contributed by atoms with E-state index in [1.807, 2.05) is 25.9 Å². The van der Waals surface area contributed by atoms with Crippen LogP contribution in [0.25, 0.3) is 4.91 Å². The van der Waals surface area contributed by atoms with Crippen LogP contribution in [0.15, 0.2) is 24.3 Å². The van der Waals surface area contributed by atoms with E-state index in [0.717, 1.165) is 4.91 Å². The Bertz CT molecular complexity index is 448. The Kier molecular flexibility index (Phi) is 4.82. The van der Waals surface area contributed by atoms with Crippen molar-refractivity contribution in [3.63, 3.8) is 0 Å². The second-order valence-corrected chi connectivity index (χ2v) is 5.28. The molecule has 0 atom stereocenters. The van der Waals surface area contributed by atoms with Crippen LogP contribution in [0, 0.1) is 19.3 Å². The fraction of sp³-hybridized carbons (Fsp3) is 0.357. The molecule has 3 heteroatoms. The number of rotatable bonds is 2. The van der Waals surface area contributed by atoms with Crippen molar-refractivity contribution in [3.05, 3.63) is 41.0 Å². The maximum Gasteiger partial charge on any atom is 0.160 e. The summed E-state index contributed by atoms with van der Waals surface area (Å²) in [4.78, 5) is 2.95. The molecule has 0 spiro atoms.